The molecule has 0 heterocycles. The maximum Gasteiger partial charge on any atom is 0.226 e. The molecule has 0 spiro atoms. The monoisotopic (exact) mass is 393 g/mol. The first-order valence-corrected chi connectivity index (χ1v) is 9.55. The minimum absolute atomic E-state index is 0. The summed E-state index contributed by atoms with van der Waals surface area (Å²) in [5.74, 6) is 0. The van der Waals surface area contributed by atoms with Gasteiger partial charge in [0.05, 0.1) is 0 Å². The molecule has 0 aromatic rings. The molecule has 78 valence electrons. The van der Waals surface area contributed by atoms with E-state index in [1.54, 1.807) is 0 Å². The molecule has 0 aromatic heterocycles. The Balaban J connectivity index is 0. The van der Waals surface area contributed by atoms with Gasteiger partial charge in [-0.05, 0) is 19.6 Å². The van der Waals surface area contributed by atoms with E-state index in [1.807, 2.05) is 17.1 Å². The molecule has 0 rings (SSSR count). The summed E-state index contributed by atoms with van der Waals surface area (Å²) in [5, 5.41) is 0. The van der Waals surface area contributed by atoms with Gasteiger partial charge >= 0.3 is 0 Å². The van der Waals surface area contributed by atoms with Gasteiger partial charge in [0, 0.05) is 21.1 Å². The fraction of sp³-hybridized carbons (Fsp3) is 0.333. The second-order valence-corrected chi connectivity index (χ2v) is 11.1. The molecule has 0 radical (unpaired) electrons. The Morgan fingerprint density at radius 1 is 0.923 bits per heavy atom. The van der Waals surface area contributed by atoms with Crippen LogP contribution in [0.1, 0.15) is 0 Å². The van der Waals surface area contributed by atoms with Gasteiger partial charge in [-0.3, -0.25) is 0 Å². The van der Waals surface area contributed by atoms with Crippen molar-refractivity contribution < 1.29 is 25.2 Å². The van der Waals surface area contributed by atoms with Crippen LogP contribution < -0.4 is 0 Å². The molecule has 1 nitrogen and oxygen atoms in total. The fourth-order valence-corrected chi connectivity index (χ4v) is 6.48. The van der Waals surface area contributed by atoms with E-state index in [0.29, 0.717) is 0 Å². The summed E-state index contributed by atoms with van der Waals surface area (Å²) in [6.07, 6.45) is 0. The Bertz CT molecular complexity index is 194. The molecule has 0 saturated carbocycles. The zero-order valence-corrected chi connectivity index (χ0v) is 12.9. The summed E-state index contributed by atoms with van der Waals surface area (Å²) in [7, 11) is -3.51. The third kappa shape index (κ3) is 5.58. The average Bonchev–Trinajstić information content (AvgIpc) is 2.04. The van der Waals surface area contributed by atoms with Crippen molar-refractivity contribution in [3.63, 3.8) is 0 Å². The Morgan fingerprint density at radius 3 is 1.54 bits per heavy atom. The molecular weight excluding hydrogens is 375 g/mol. The zero-order valence-electron chi connectivity index (χ0n) is 8.58. The molecule has 0 atom stereocenters. The van der Waals surface area contributed by atoms with E-state index in [2.05, 4.69) is 39.4 Å². The summed E-state index contributed by atoms with van der Waals surface area (Å²) in [5.41, 5.74) is 5.74. The molecular formula is C9H18OPtSi2. The van der Waals surface area contributed by atoms with Crippen molar-refractivity contribution in [1.82, 2.24) is 0 Å². The number of rotatable bonds is 5. The van der Waals surface area contributed by atoms with Crippen LogP contribution in [0.25, 0.3) is 0 Å². The number of hydrogen-bond donors (Lipinski definition) is 0. The van der Waals surface area contributed by atoms with Crippen molar-refractivity contribution in [3.8, 4) is 0 Å². The van der Waals surface area contributed by atoms with Crippen LogP contribution in [0.15, 0.2) is 36.8 Å². The van der Waals surface area contributed by atoms with Gasteiger partial charge in [0.25, 0.3) is 0 Å². The number of hydrogen-bond acceptors (Lipinski definition) is 1. The van der Waals surface area contributed by atoms with E-state index in [1.165, 1.54) is 0 Å². The van der Waals surface area contributed by atoms with Crippen LogP contribution in [-0.2, 0) is 25.2 Å². The standard InChI is InChI=1S/C9H18OSi2.Pt/c1-7-11(4,5)10-12(6,8-2)9-3;/h7-9H,1-3H2,4-6H3;. The Morgan fingerprint density at radius 2 is 1.31 bits per heavy atom. The molecule has 4 heteroatoms. The van der Waals surface area contributed by atoms with Gasteiger partial charge < -0.3 is 4.12 Å². The first kappa shape index (κ1) is 15.8. The second-order valence-electron chi connectivity index (χ2n) is 3.50. The van der Waals surface area contributed by atoms with Crippen molar-refractivity contribution in [2.75, 3.05) is 0 Å². The summed E-state index contributed by atoms with van der Waals surface area (Å²) in [6, 6.07) is 0. The van der Waals surface area contributed by atoms with Crippen LogP contribution in [0.5, 0.6) is 0 Å². The largest absolute Gasteiger partial charge is 0.446 e. The third-order valence-electron chi connectivity index (χ3n) is 1.79. The van der Waals surface area contributed by atoms with Crippen LogP contribution in [0.4, 0.5) is 0 Å². The van der Waals surface area contributed by atoms with Crippen molar-refractivity contribution in [2.45, 2.75) is 19.6 Å². The minimum atomic E-state index is -1.84. The average molecular weight is 393 g/mol. The van der Waals surface area contributed by atoms with E-state index in [0.717, 1.165) is 0 Å². The van der Waals surface area contributed by atoms with Gasteiger partial charge in [-0.2, -0.15) is 0 Å². The molecule has 0 saturated heterocycles. The maximum atomic E-state index is 6.00. The van der Waals surface area contributed by atoms with Crippen LogP contribution in [0, 0.1) is 0 Å². The molecule has 0 N–H and O–H groups in total. The van der Waals surface area contributed by atoms with Crippen molar-refractivity contribution in [1.29, 1.82) is 0 Å². The molecule has 0 aromatic carbocycles. The van der Waals surface area contributed by atoms with Crippen LogP contribution in [0.3, 0.4) is 0 Å². The predicted molar refractivity (Wildman–Crippen MR) is 60.8 cm³/mol. The SMILES string of the molecule is C=C[Si](C)(C)O[Si](C)(C=C)C=C.[Pt]. The van der Waals surface area contributed by atoms with Crippen LogP contribution >= 0.6 is 0 Å². The van der Waals surface area contributed by atoms with Crippen LogP contribution in [0.2, 0.25) is 19.6 Å². The quantitative estimate of drug-likeness (QED) is 0.653. The van der Waals surface area contributed by atoms with Gasteiger partial charge in [0.1, 0.15) is 0 Å². The summed E-state index contributed by atoms with van der Waals surface area (Å²) in [6.45, 7) is 17.7. The molecule has 0 fully saturated rings. The van der Waals surface area contributed by atoms with E-state index in [-0.39, 0.29) is 21.1 Å². The molecule has 0 aliphatic heterocycles. The van der Waals surface area contributed by atoms with E-state index >= 15 is 0 Å². The molecule has 0 aliphatic rings. The fourth-order valence-electron chi connectivity index (χ4n) is 0.775. The van der Waals surface area contributed by atoms with Crippen molar-refractivity contribution in [2.24, 2.45) is 0 Å². The maximum absolute atomic E-state index is 6.00. The normalized spacial score (nSPS) is 11.3. The third-order valence-corrected chi connectivity index (χ3v) is 8.25. The van der Waals surface area contributed by atoms with Gasteiger partial charge in [-0.1, -0.05) is 17.1 Å². The first-order chi connectivity index (χ1) is 5.39. The predicted octanol–water partition coefficient (Wildman–Crippen LogP) is 2.96. The summed E-state index contributed by atoms with van der Waals surface area (Å²) >= 11 is 0. The summed E-state index contributed by atoms with van der Waals surface area (Å²) in [4.78, 5) is 0. The van der Waals surface area contributed by atoms with Gasteiger partial charge in [0.2, 0.25) is 8.32 Å². The molecule has 0 amide bonds. The smallest absolute Gasteiger partial charge is 0.226 e. The summed E-state index contributed by atoms with van der Waals surface area (Å²) < 4.78 is 6.00. The molecule has 13 heavy (non-hydrogen) atoms. The van der Waals surface area contributed by atoms with Gasteiger partial charge in [-0.25, -0.2) is 0 Å². The van der Waals surface area contributed by atoms with Crippen molar-refractivity contribution >= 4 is 16.6 Å². The Kier molecular flexibility index (Phi) is 7.17. The van der Waals surface area contributed by atoms with E-state index in [9.17, 15) is 0 Å². The second kappa shape index (κ2) is 5.91. The minimum Gasteiger partial charge on any atom is -0.446 e. The Hall–Kier alpha value is 0.302. The first-order valence-electron chi connectivity index (χ1n) is 4.00. The van der Waals surface area contributed by atoms with Crippen LogP contribution in [-0.4, -0.2) is 16.6 Å². The molecule has 0 aliphatic carbocycles. The van der Waals surface area contributed by atoms with E-state index in [4.69, 9.17) is 4.12 Å². The van der Waals surface area contributed by atoms with E-state index < -0.39 is 16.6 Å². The topological polar surface area (TPSA) is 9.23 Å². The zero-order chi connectivity index (χ0) is 9.83. The van der Waals surface area contributed by atoms with Gasteiger partial charge in [-0.15, -0.1) is 19.7 Å². The van der Waals surface area contributed by atoms with Gasteiger partial charge in [0.15, 0.2) is 8.32 Å². The Labute approximate surface area is 98.1 Å². The molecule has 0 unspecified atom stereocenters. The molecule has 0 bridgehead atoms. The van der Waals surface area contributed by atoms with Crippen molar-refractivity contribution in [3.05, 3.63) is 36.8 Å².